The van der Waals surface area contributed by atoms with Gasteiger partial charge in [-0.2, -0.15) is 4.31 Å². The highest BCUT2D eigenvalue weighted by atomic mass is 32.2. The average molecular weight is 740 g/mol. The predicted molar refractivity (Wildman–Crippen MR) is 196 cm³/mol. The van der Waals surface area contributed by atoms with Gasteiger partial charge in [0.2, 0.25) is 15.9 Å². The number of carbonyl (C=O) groups is 2. The van der Waals surface area contributed by atoms with Gasteiger partial charge in [0.05, 0.1) is 35.5 Å². The monoisotopic (exact) mass is 739 g/mol. The van der Waals surface area contributed by atoms with Crippen LogP contribution in [0.4, 0.5) is 4.79 Å². The van der Waals surface area contributed by atoms with Gasteiger partial charge in [-0.05, 0) is 54.4 Å². The number of amides is 3. The SMILES string of the molecule is CC[C@H](C)[C@@H](C(=O)N[C@@H](Cc1ccccc1)[C@@H](O)CN(CC1CCC1)S(=O)(=O)c1ccc(C=NO)cc1)N1CCN(Cc2csc(CN)n2)C1=O. The predicted octanol–water partition coefficient (Wildman–Crippen LogP) is 3.64. The highest BCUT2D eigenvalue weighted by molar-refractivity contribution is 7.89. The van der Waals surface area contributed by atoms with Gasteiger partial charge in [0.15, 0.2) is 0 Å². The van der Waals surface area contributed by atoms with Gasteiger partial charge in [-0.1, -0.05) is 74.3 Å². The third kappa shape index (κ3) is 9.51. The number of carbonyl (C=O) groups excluding carboxylic acids is 2. The third-order valence-corrected chi connectivity index (χ3v) is 12.7. The molecule has 1 saturated carbocycles. The third-order valence-electron chi connectivity index (χ3n) is 9.93. The van der Waals surface area contributed by atoms with E-state index in [1.807, 2.05) is 49.6 Å². The summed E-state index contributed by atoms with van der Waals surface area (Å²) in [6, 6.07) is 13.5. The summed E-state index contributed by atoms with van der Waals surface area (Å²) in [5.74, 6) is -0.422. The molecule has 3 amide bonds. The fourth-order valence-electron chi connectivity index (χ4n) is 6.58. The molecule has 0 bridgehead atoms. The van der Waals surface area contributed by atoms with Crippen molar-refractivity contribution in [1.82, 2.24) is 24.4 Å². The van der Waals surface area contributed by atoms with Crippen molar-refractivity contribution in [2.24, 2.45) is 22.7 Å². The lowest BCUT2D eigenvalue weighted by molar-refractivity contribution is -0.128. The molecule has 2 fully saturated rings. The lowest BCUT2D eigenvalue weighted by Gasteiger charge is -2.36. The van der Waals surface area contributed by atoms with E-state index in [2.05, 4.69) is 15.5 Å². The van der Waals surface area contributed by atoms with Crippen molar-refractivity contribution in [1.29, 1.82) is 0 Å². The largest absolute Gasteiger partial charge is 0.411 e. The first-order valence-corrected chi connectivity index (χ1v) is 19.8. The maximum absolute atomic E-state index is 14.3. The van der Waals surface area contributed by atoms with E-state index in [4.69, 9.17) is 10.9 Å². The molecule has 0 radical (unpaired) electrons. The van der Waals surface area contributed by atoms with Gasteiger partial charge in [-0.15, -0.1) is 11.3 Å². The van der Waals surface area contributed by atoms with Crippen molar-refractivity contribution in [2.45, 2.75) is 82.1 Å². The van der Waals surface area contributed by atoms with Crippen molar-refractivity contribution < 1.29 is 28.3 Å². The maximum atomic E-state index is 14.3. The number of nitrogens with one attached hydrogen (secondary N) is 1. The first kappa shape index (κ1) is 38.3. The maximum Gasteiger partial charge on any atom is 0.321 e. The number of benzene rings is 2. The zero-order chi connectivity index (χ0) is 36.5. The van der Waals surface area contributed by atoms with Crippen LogP contribution in [-0.4, -0.2) is 100 Å². The molecule has 1 saturated heterocycles. The summed E-state index contributed by atoms with van der Waals surface area (Å²) in [6.07, 6.45) is 3.64. The van der Waals surface area contributed by atoms with Crippen LogP contribution >= 0.6 is 11.3 Å². The van der Waals surface area contributed by atoms with E-state index in [1.165, 1.54) is 34.0 Å². The Bertz CT molecular complexity index is 1730. The molecule has 0 spiro atoms. The van der Waals surface area contributed by atoms with Crippen LogP contribution < -0.4 is 11.1 Å². The van der Waals surface area contributed by atoms with Crippen molar-refractivity contribution in [2.75, 3.05) is 26.2 Å². The molecule has 2 heterocycles. The number of nitrogens with two attached hydrogens (primary N) is 1. The minimum absolute atomic E-state index is 0.0543. The quantitative estimate of drug-likeness (QED) is 0.0867. The Hall–Kier alpha value is -3.89. The molecule has 5 rings (SSSR count). The Kier molecular flexibility index (Phi) is 13.2. The van der Waals surface area contributed by atoms with Crippen LogP contribution in [0.5, 0.6) is 0 Å². The van der Waals surface area contributed by atoms with Gasteiger partial charge in [0.1, 0.15) is 11.0 Å². The molecular formula is C36H49N7O6S2. The lowest BCUT2D eigenvalue weighted by Crippen LogP contribution is -2.57. The molecule has 3 aromatic rings. The van der Waals surface area contributed by atoms with Gasteiger partial charge in [-0.25, -0.2) is 18.2 Å². The van der Waals surface area contributed by atoms with Crippen LogP contribution in [0.2, 0.25) is 0 Å². The van der Waals surface area contributed by atoms with E-state index in [9.17, 15) is 23.1 Å². The van der Waals surface area contributed by atoms with Gasteiger partial charge >= 0.3 is 6.03 Å². The summed E-state index contributed by atoms with van der Waals surface area (Å²) in [5.41, 5.74) is 7.87. The van der Waals surface area contributed by atoms with E-state index in [-0.39, 0.29) is 42.3 Å². The Morgan fingerprint density at radius 2 is 1.90 bits per heavy atom. The molecular weight excluding hydrogens is 691 g/mol. The van der Waals surface area contributed by atoms with Crippen molar-refractivity contribution in [3.8, 4) is 0 Å². The van der Waals surface area contributed by atoms with Crippen LogP contribution in [0, 0.1) is 11.8 Å². The normalized spacial score (nSPS) is 17.9. The topological polar surface area (TPSA) is 182 Å². The molecule has 276 valence electrons. The molecule has 1 aliphatic heterocycles. The Morgan fingerprint density at radius 1 is 1.18 bits per heavy atom. The molecule has 1 aliphatic carbocycles. The van der Waals surface area contributed by atoms with E-state index in [1.54, 1.807) is 21.9 Å². The number of aliphatic hydroxyl groups is 1. The van der Waals surface area contributed by atoms with Crippen LogP contribution in [0.3, 0.4) is 0 Å². The summed E-state index contributed by atoms with van der Waals surface area (Å²) in [7, 11) is -4.04. The van der Waals surface area contributed by atoms with Gasteiger partial charge < -0.3 is 31.2 Å². The Morgan fingerprint density at radius 3 is 2.51 bits per heavy atom. The number of hydrogen-bond acceptors (Lipinski definition) is 10. The lowest BCUT2D eigenvalue weighted by atomic mass is 9.85. The number of aromatic nitrogens is 1. The molecule has 5 N–H and O–H groups in total. The molecule has 2 aromatic carbocycles. The molecule has 2 aliphatic rings. The van der Waals surface area contributed by atoms with E-state index in [0.29, 0.717) is 38.2 Å². The zero-order valence-electron chi connectivity index (χ0n) is 29.2. The van der Waals surface area contributed by atoms with Crippen LogP contribution in [0.15, 0.2) is 70.0 Å². The smallest absolute Gasteiger partial charge is 0.321 e. The molecule has 51 heavy (non-hydrogen) atoms. The van der Waals surface area contributed by atoms with Gasteiger partial charge in [0.25, 0.3) is 0 Å². The fourth-order valence-corrected chi connectivity index (χ4v) is 8.78. The van der Waals surface area contributed by atoms with Crippen molar-refractivity contribution in [3.63, 3.8) is 0 Å². The van der Waals surface area contributed by atoms with Crippen molar-refractivity contribution >= 4 is 39.5 Å². The first-order valence-electron chi connectivity index (χ1n) is 17.5. The molecule has 1 aromatic heterocycles. The van der Waals surface area contributed by atoms with Crippen LogP contribution in [-0.2, 0) is 34.3 Å². The molecule has 15 heteroatoms. The summed E-state index contributed by atoms with van der Waals surface area (Å²) in [6.45, 7) is 5.35. The van der Waals surface area contributed by atoms with E-state index in [0.717, 1.165) is 35.5 Å². The zero-order valence-corrected chi connectivity index (χ0v) is 30.8. The van der Waals surface area contributed by atoms with E-state index < -0.39 is 34.1 Å². The summed E-state index contributed by atoms with van der Waals surface area (Å²) >= 11 is 1.45. The highest BCUT2D eigenvalue weighted by Crippen LogP contribution is 2.30. The van der Waals surface area contributed by atoms with Gasteiger partial charge in [0, 0.05) is 38.1 Å². The second kappa shape index (κ2) is 17.6. The number of oxime groups is 1. The minimum Gasteiger partial charge on any atom is -0.411 e. The summed E-state index contributed by atoms with van der Waals surface area (Å²) in [4.78, 5) is 35.8. The van der Waals surface area contributed by atoms with E-state index >= 15 is 0 Å². The number of aliphatic hydroxyl groups excluding tert-OH is 1. The first-order chi connectivity index (χ1) is 24.5. The second-order valence-electron chi connectivity index (χ2n) is 13.5. The van der Waals surface area contributed by atoms with Crippen molar-refractivity contribution in [3.05, 3.63) is 81.8 Å². The Balaban J connectivity index is 1.37. The number of hydrogen-bond donors (Lipinski definition) is 4. The summed E-state index contributed by atoms with van der Waals surface area (Å²) < 4.78 is 29.4. The number of sulfonamides is 1. The Labute approximate surface area is 304 Å². The minimum atomic E-state index is -4.04. The molecule has 0 unspecified atom stereocenters. The number of nitrogens with zero attached hydrogens (tertiary/aromatic N) is 5. The van der Waals surface area contributed by atoms with Crippen LogP contribution in [0.25, 0.3) is 0 Å². The second-order valence-corrected chi connectivity index (χ2v) is 16.3. The van der Waals surface area contributed by atoms with Gasteiger partial charge in [-0.3, -0.25) is 4.79 Å². The highest BCUT2D eigenvalue weighted by Gasteiger charge is 2.41. The fraction of sp³-hybridized carbons (Fsp3) is 0.500. The van der Waals surface area contributed by atoms with Crippen LogP contribution in [0.1, 0.15) is 61.4 Å². The number of thiazole rings is 1. The standard InChI is InChI=1S/C36H49N7O6S2/c1-3-25(2)34(43-17-16-41(36(43)46)22-29-24-50-33(19-37)39-29)35(45)40-31(18-26-8-5-4-6-9-26)32(44)23-42(21-28-10-7-11-28)51(48,49)30-14-12-27(13-15-30)20-38-47/h4-6,8-9,12-15,20,24-25,28,31-32,34,44,47H,3,7,10-11,16-19,21-23,37H2,1-2H3,(H,40,45)/t25-,31-,32-,34-/m0/s1. The average Bonchev–Trinajstić information content (AvgIpc) is 3.72. The molecule has 4 atom stereocenters. The molecule has 13 nitrogen and oxygen atoms in total. The summed E-state index contributed by atoms with van der Waals surface area (Å²) in [5, 5.41) is 29.5. The number of rotatable bonds is 18. The number of urea groups is 1.